The van der Waals surface area contributed by atoms with Gasteiger partial charge in [0.2, 0.25) is 0 Å². The van der Waals surface area contributed by atoms with Crippen molar-refractivity contribution in [2.45, 2.75) is 116 Å². The van der Waals surface area contributed by atoms with Gasteiger partial charge in [0.1, 0.15) is 17.8 Å². The predicted octanol–water partition coefficient (Wildman–Crippen LogP) is 2.25. The van der Waals surface area contributed by atoms with Crippen LogP contribution in [0.5, 0.6) is 0 Å². The zero-order valence-corrected chi connectivity index (χ0v) is 28.8. The molecule has 266 valence electrons. The first-order valence-corrected chi connectivity index (χ1v) is 16.4. The van der Waals surface area contributed by atoms with Crippen LogP contribution in [0.1, 0.15) is 67.7 Å². The number of rotatable bonds is 9. The van der Waals surface area contributed by atoms with Crippen molar-refractivity contribution in [2.75, 3.05) is 12.5 Å². The summed E-state index contributed by atoms with van der Waals surface area (Å²) in [5.41, 5.74) is -5.51. The Morgan fingerprint density at radius 3 is 2.04 bits per heavy atom. The van der Waals surface area contributed by atoms with Gasteiger partial charge >= 0.3 is 35.8 Å². The standard InChI is InChI=1S/C33H43ClO14/c1-8-9-10-24(39)48-27-25(44-18(4)36)28(45-19(5)37)32(15-42-32)26-29(46-20(6)38)33(41)16(2)30(40)47-23(33)13-21(14-34)11-12-22(31(26,27)7)43-17(3)35/h11-13,16,22-23,25-29,41H,8-10,14-15H2,1-7H3. The molecule has 1 N–H and O–H groups in total. The molecule has 2 aliphatic heterocycles. The minimum atomic E-state index is -2.33. The van der Waals surface area contributed by atoms with E-state index in [1.165, 1.54) is 25.2 Å². The number of unbranched alkanes of at least 4 members (excludes halogenated alkanes) is 1. The molecule has 1 saturated carbocycles. The minimum Gasteiger partial charge on any atom is -0.459 e. The highest BCUT2D eigenvalue weighted by molar-refractivity contribution is 6.19. The maximum Gasteiger partial charge on any atom is 0.312 e. The highest BCUT2D eigenvalue weighted by atomic mass is 35.5. The normalized spacial score (nSPS) is 38.4. The van der Waals surface area contributed by atoms with E-state index in [0.29, 0.717) is 18.4 Å². The molecule has 4 aliphatic rings. The number of alkyl halides is 1. The minimum absolute atomic E-state index is 0.0492. The van der Waals surface area contributed by atoms with E-state index in [1.807, 2.05) is 6.92 Å². The molecule has 0 aromatic heterocycles. The number of aliphatic hydroxyl groups is 1. The van der Waals surface area contributed by atoms with E-state index in [2.05, 4.69) is 0 Å². The average molecular weight is 699 g/mol. The fraction of sp³-hybridized carbons (Fsp3) is 0.697. The summed E-state index contributed by atoms with van der Waals surface area (Å²) in [7, 11) is 0. The van der Waals surface area contributed by atoms with Crippen molar-refractivity contribution in [1.82, 2.24) is 0 Å². The van der Waals surface area contributed by atoms with Crippen LogP contribution >= 0.6 is 11.6 Å². The predicted molar refractivity (Wildman–Crippen MR) is 164 cm³/mol. The summed E-state index contributed by atoms with van der Waals surface area (Å²) in [5.74, 6) is -7.67. The first-order chi connectivity index (χ1) is 22.5. The van der Waals surface area contributed by atoms with Crippen LogP contribution in [-0.2, 0) is 61.9 Å². The Morgan fingerprint density at radius 1 is 0.938 bits per heavy atom. The molecule has 0 amide bonds. The van der Waals surface area contributed by atoms with Gasteiger partial charge in [-0.3, -0.25) is 28.8 Å². The van der Waals surface area contributed by atoms with Gasteiger partial charge in [0.15, 0.2) is 30.0 Å². The number of esters is 6. The lowest BCUT2D eigenvalue weighted by molar-refractivity contribution is -0.279. The topological polar surface area (TPSA) is 191 Å². The summed E-state index contributed by atoms with van der Waals surface area (Å²) in [6.07, 6.45) is -3.74. The molecule has 11 unspecified atom stereocenters. The number of allylic oxidation sites excluding steroid dienone is 2. The Bertz CT molecular complexity index is 1390. The van der Waals surface area contributed by atoms with Gasteiger partial charge in [0.25, 0.3) is 0 Å². The van der Waals surface area contributed by atoms with E-state index in [0.717, 1.165) is 27.7 Å². The maximum atomic E-state index is 13.5. The van der Waals surface area contributed by atoms with Gasteiger partial charge in [0.05, 0.1) is 17.9 Å². The van der Waals surface area contributed by atoms with Crippen LogP contribution in [0.2, 0.25) is 0 Å². The summed E-state index contributed by atoms with van der Waals surface area (Å²) in [6.45, 7) is 9.09. The lowest BCUT2D eigenvalue weighted by atomic mass is 9.51. The highest BCUT2D eigenvalue weighted by Gasteiger charge is 2.81. The fourth-order valence-corrected chi connectivity index (χ4v) is 7.62. The largest absolute Gasteiger partial charge is 0.459 e. The molecule has 1 spiro atoms. The quantitative estimate of drug-likeness (QED) is 0.160. The number of carbonyl (C=O) groups is 6. The molecule has 2 aliphatic carbocycles. The maximum absolute atomic E-state index is 13.5. The zero-order chi connectivity index (χ0) is 35.8. The molecule has 3 fully saturated rings. The summed E-state index contributed by atoms with van der Waals surface area (Å²) in [5, 5.41) is 12.7. The van der Waals surface area contributed by atoms with Gasteiger partial charge in [-0.25, -0.2) is 0 Å². The smallest absolute Gasteiger partial charge is 0.312 e. The van der Waals surface area contributed by atoms with Crippen molar-refractivity contribution in [1.29, 1.82) is 0 Å². The molecule has 11 atom stereocenters. The third-order valence-electron chi connectivity index (χ3n) is 9.66. The van der Waals surface area contributed by atoms with Crippen LogP contribution in [-0.4, -0.2) is 101 Å². The summed E-state index contributed by atoms with van der Waals surface area (Å²) in [4.78, 5) is 77.7. The molecule has 0 aromatic rings. The van der Waals surface area contributed by atoms with Crippen LogP contribution in [0, 0.1) is 17.3 Å². The summed E-state index contributed by atoms with van der Waals surface area (Å²) < 4.78 is 41.3. The average Bonchev–Trinajstić information content (AvgIpc) is 3.75. The summed E-state index contributed by atoms with van der Waals surface area (Å²) in [6, 6.07) is 0. The highest BCUT2D eigenvalue weighted by Crippen LogP contribution is 2.63. The van der Waals surface area contributed by atoms with Crippen LogP contribution in [0.25, 0.3) is 0 Å². The Balaban J connectivity index is 2.15. The molecule has 0 bridgehead atoms. The number of epoxide rings is 1. The van der Waals surface area contributed by atoms with Crippen molar-refractivity contribution in [2.24, 2.45) is 17.3 Å². The molecule has 4 rings (SSSR count). The molecule has 0 aromatic carbocycles. The SMILES string of the molecule is CCCCC(=O)OC1C(OC(C)=O)C(OC(C)=O)C2(CO2)C2C(OC(C)=O)C3(O)C(C=C(CCl)C=CC(OC(C)=O)C12C)OC(=O)C3C. The number of fused-ring (bicyclic) bond motifs is 3. The fourth-order valence-electron chi connectivity index (χ4n) is 7.44. The van der Waals surface area contributed by atoms with E-state index in [1.54, 1.807) is 6.92 Å². The number of hydrogen-bond donors (Lipinski definition) is 1. The van der Waals surface area contributed by atoms with Crippen LogP contribution in [0.15, 0.2) is 23.8 Å². The molecule has 14 nitrogen and oxygen atoms in total. The van der Waals surface area contributed by atoms with E-state index >= 15 is 0 Å². The van der Waals surface area contributed by atoms with Crippen molar-refractivity contribution in [3.05, 3.63) is 23.8 Å². The van der Waals surface area contributed by atoms with Gasteiger partial charge in [-0.2, -0.15) is 0 Å². The van der Waals surface area contributed by atoms with Gasteiger partial charge in [-0.05, 0) is 31.1 Å². The third kappa shape index (κ3) is 6.71. The Kier molecular flexibility index (Phi) is 11.0. The van der Waals surface area contributed by atoms with Crippen molar-refractivity contribution < 1.29 is 67.0 Å². The monoisotopic (exact) mass is 698 g/mol. The lowest BCUT2D eigenvalue weighted by Crippen LogP contribution is -2.76. The van der Waals surface area contributed by atoms with E-state index in [9.17, 15) is 33.9 Å². The molecule has 0 radical (unpaired) electrons. The Hall–Kier alpha value is -3.49. The first-order valence-electron chi connectivity index (χ1n) is 15.9. The molecule has 15 heteroatoms. The molecular formula is C33H43ClO14. The van der Waals surface area contributed by atoms with E-state index in [-0.39, 0.29) is 18.9 Å². The number of hydrogen-bond acceptors (Lipinski definition) is 14. The Labute approximate surface area is 283 Å². The van der Waals surface area contributed by atoms with Crippen molar-refractivity contribution in [3.63, 3.8) is 0 Å². The number of ether oxygens (including phenoxy) is 7. The summed E-state index contributed by atoms with van der Waals surface area (Å²) >= 11 is 6.27. The van der Waals surface area contributed by atoms with Crippen LogP contribution in [0.4, 0.5) is 0 Å². The van der Waals surface area contributed by atoms with Gasteiger partial charge in [-0.1, -0.05) is 26.3 Å². The van der Waals surface area contributed by atoms with E-state index < -0.39 is 101 Å². The van der Waals surface area contributed by atoms with Gasteiger partial charge in [0, 0.05) is 45.9 Å². The van der Waals surface area contributed by atoms with Gasteiger partial charge in [-0.15, -0.1) is 11.6 Å². The van der Waals surface area contributed by atoms with Crippen LogP contribution < -0.4 is 0 Å². The number of halogens is 1. The third-order valence-corrected chi connectivity index (χ3v) is 9.97. The van der Waals surface area contributed by atoms with E-state index in [4.69, 9.17) is 44.8 Å². The second kappa shape index (κ2) is 14.2. The molecular weight excluding hydrogens is 656 g/mol. The first kappa shape index (κ1) is 37.3. The molecule has 48 heavy (non-hydrogen) atoms. The van der Waals surface area contributed by atoms with Crippen molar-refractivity contribution >= 4 is 47.4 Å². The lowest BCUT2D eigenvalue weighted by Gasteiger charge is -2.59. The second-order valence-electron chi connectivity index (χ2n) is 13.0. The molecule has 2 saturated heterocycles. The van der Waals surface area contributed by atoms with Gasteiger partial charge < -0.3 is 38.3 Å². The van der Waals surface area contributed by atoms with Crippen molar-refractivity contribution in [3.8, 4) is 0 Å². The van der Waals surface area contributed by atoms with Crippen LogP contribution in [0.3, 0.4) is 0 Å². The number of carbonyl (C=O) groups excluding carboxylic acids is 6. The zero-order valence-electron chi connectivity index (χ0n) is 28.0. The Morgan fingerprint density at radius 2 is 1.52 bits per heavy atom. The second-order valence-corrected chi connectivity index (χ2v) is 13.2. The molecule has 2 heterocycles.